The lowest BCUT2D eigenvalue weighted by Gasteiger charge is -2.00. The number of hydrogen-bond acceptors (Lipinski definition) is 0. The van der Waals surface area contributed by atoms with Crippen molar-refractivity contribution < 1.29 is 0 Å². The van der Waals surface area contributed by atoms with E-state index in [0.29, 0.717) is 0 Å². The standard InChI is InChI=1S/C10H20/c1-5-6-10(4)8-7-9(2)3/h8-9H,5-7H2,1-4H3/b10-8-. The molecule has 0 spiro atoms. The summed E-state index contributed by atoms with van der Waals surface area (Å²) in [6, 6.07) is 0. The van der Waals surface area contributed by atoms with Gasteiger partial charge >= 0.3 is 0 Å². The van der Waals surface area contributed by atoms with E-state index < -0.39 is 0 Å². The zero-order valence-corrected chi connectivity index (χ0v) is 7.78. The number of hydrogen-bond donors (Lipinski definition) is 0. The van der Waals surface area contributed by atoms with Crippen LogP contribution in [0.25, 0.3) is 0 Å². The van der Waals surface area contributed by atoms with Gasteiger partial charge in [0.15, 0.2) is 0 Å². The highest BCUT2D eigenvalue weighted by Gasteiger charge is 1.90. The van der Waals surface area contributed by atoms with Gasteiger partial charge in [0, 0.05) is 0 Å². The Morgan fingerprint density at radius 3 is 2.40 bits per heavy atom. The van der Waals surface area contributed by atoms with E-state index in [2.05, 4.69) is 33.8 Å². The molecule has 0 saturated carbocycles. The van der Waals surface area contributed by atoms with Crippen molar-refractivity contribution in [2.45, 2.75) is 47.0 Å². The highest BCUT2D eigenvalue weighted by Crippen LogP contribution is 2.08. The summed E-state index contributed by atoms with van der Waals surface area (Å²) in [5.41, 5.74) is 1.55. The van der Waals surface area contributed by atoms with Gasteiger partial charge in [0.25, 0.3) is 0 Å². The second kappa shape index (κ2) is 5.52. The van der Waals surface area contributed by atoms with E-state index in [1.54, 1.807) is 5.57 Å². The molecule has 0 nitrogen and oxygen atoms in total. The third-order valence-corrected chi connectivity index (χ3v) is 1.58. The Hall–Kier alpha value is -0.260. The maximum atomic E-state index is 2.37. The fraction of sp³-hybridized carbons (Fsp3) is 0.800. The Labute approximate surface area is 65.3 Å². The van der Waals surface area contributed by atoms with Crippen molar-refractivity contribution in [2.24, 2.45) is 5.92 Å². The SMILES string of the molecule is CCC/C(C)=C\CC(C)C. The van der Waals surface area contributed by atoms with E-state index in [0.717, 1.165) is 5.92 Å². The largest absolute Gasteiger partial charge is 0.0854 e. The Balaban J connectivity index is 3.47. The first kappa shape index (κ1) is 9.74. The van der Waals surface area contributed by atoms with Crippen LogP contribution in [0.5, 0.6) is 0 Å². The van der Waals surface area contributed by atoms with Gasteiger partial charge in [-0.1, -0.05) is 38.8 Å². The molecule has 0 bridgehead atoms. The Morgan fingerprint density at radius 2 is 2.00 bits per heavy atom. The van der Waals surface area contributed by atoms with Crippen LogP contribution in [0.1, 0.15) is 47.0 Å². The lowest BCUT2D eigenvalue weighted by atomic mass is 10.1. The Morgan fingerprint density at radius 1 is 1.40 bits per heavy atom. The van der Waals surface area contributed by atoms with Gasteiger partial charge in [-0.15, -0.1) is 0 Å². The quantitative estimate of drug-likeness (QED) is 0.521. The van der Waals surface area contributed by atoms with Crippen LogP contribution < -0.4 is 0 Å². The van der Waals surface area contributed by atoms with Gasteiger partial charge in [-0.3, -0.25) is 0 Å². The van der Waals surface area contributed by atoms with E-state index in [1.165, 1.54) is 19.3 Å². The lowest BCUT2D eigenvalue weighted by molar-refractivity contribution is 0.658. The number of rotatable bonds is 4. The monoisotopic (exact) mass is 140 g/mol. The van der Waals surface area contributed by atoms with Crippen molar-refractivity contribution in [3.63, 3.8) is 0 Å². The van der Waals surface area contributed by atoms with Crippen LogP contribution in [0.15, 0.2) is 11.6 Å². The summed E-state index contributed by atoms with van der Waals surface area (Å²) in [4.78, 5) is 0. The average Bonchev–Trinajstić information content (AvgIpc) is 1.85. The molecule has 0 unspecified atom stereocenters. The first-order chi connectivity index (χ1) is 4.66. The molecule has 0 aliphatic heterocycles. The van der Waals surface area contributed by atoms with E-state index in [9.17, 15) is 0 Å². The van der Waals surface area contributed by atoms with Crippen molar-refractivity contribution in [3.05, 3.63) is 11.6 Å². The van der Waals surface area contributed by atoms with Gasteiger partial charge in [-0.05, 0) is 25.7 Å². The molecular weight excluding hydrogens is 120 g/mol. The van der Waals surface area contributed by atoms with Crippen molar-refractivity contribution in [3.8, 4) is 0 Å². The molecule has 10 heavy (non-hydrogen) atoms. The molecule has 0 aromatic heterocycles. The molecule has 0 fully saturated rings. The number of allylic oxidation sites excluding steroid dienone is 2. The van der Waals surface area contributed by atoms with Crippen molar-refractivity contribution in [1.82, 2.24) is 0 Å². The summed E-state index contributed by atoms with van der Waals surface area (Å²) in [5.74, 6) is 0.812. The van der Waals surface area contributed by atoms with Crippen LogP contribution in [-0.2, 0) is 0 Å². The van der Waals surface area contributed by atoms with E-state index in [-0.39, 0.29) is 0 Å². The van der Waals surface area contributed by atoms with Gasteiger partial charge in [0.2, 0.25) is 0 Å². The fourth-order valence-corrected chi connectivity index (χ4v) is 0.933. The summed E-state index contributed by atoms with van der Waals surface area (Å²) in [6.07, 6.45) is 6.16. The topological polar surface area (TPSA) is 0 Å². The van der Waals surface area contributed by atoms with Crippen LogP contribution in [-0.4, -0.2) is 0 Å². The van der Waals surface area contributed by atoms with Gasteiger partial charge in [0.05, 0.1) is 0 Å². The van der Waals surface area contributed by atoms with Crippen LogP contribution in [0.4, 0.5) is 0 Å². The van der Waals surface area contributed by atoms with E-state index in [4.69, 9.17) is 0 Å². The predicted molar refractivity (Wildman–Crippen MR) is 48.1 cm³/mol. The molecule has 0 amide bonds. The molecule has 0 N–H and O–H groups in total. The zero-order valence-electron chi connectivity index (χ0n) is 7.78. The maximum absolute atomic E-state index is 2.37. The maximum Gasteiger partial charge on any atom is -0.0325 e. The van der Waals surface area contributed by atoms with E-state index >= 15 is 0 Å². The summed E-state index contributed by atoms with van der Waals surface area (Å²) < 4.78 is 0. The molecule has 0 rings (SSSR count). The third-order valence-electron chi connectivity index (χ3n) is 1.58. The molecule has 0 aromatic rings. The van der Waals surface area contributed by atoms with Crippen LogP contribution in [0.2, 0.25) is 0 Å². The molecule has 0 heteroatoms. The summed E-state index contributed by atoms with van der Waals surface area (Å²) in [7, 11) is 0. The smallest absolute Gasteiger partial charge is 0.0325 e. The fourth-order valence-electron chi connectivity index (χ4n) is 0.933. The second-order valence-electron chi connectivity index (χ2n) is 3.43. The third kappa shape index (κ3) is 5.87. The molecule has 0 saturated heterocycles. The van der Waals surface area contributed by atoms with Gasteiger partial charge in [-0.25, -0.2) is 0 Å². The van der Waals surface area contributed by atoms with Crippen LogP contribution >= 0.6 is 0 Å². The molecule has 60 valence electrons. The van der Waals surface area contributed by atoms with Crippen molar-refractivity contribution in [1.29, 1.82) is 0 Å². The minimum absolute atomic E-state index is 0.812. The molecule has 0 aromatic carbocycles. The molecule has 0 aliphatic rings. The summed E-state index contributed by atoms with van der Waals surface area (Å²) >= 11 is 0. The second-order valence-corrected chi connectivity index (χ2v) is 3.43. The highest BCUT2D eigenvalue weighted by atomic mass is 14.0. The highest BCUT2D eigenvalue weighted by molar-refractivity contribution is 4.97. The summed E-state index contributed by atoms with van der Waals surface area (Å²) in [5, 5.41) is 0. The van der Waals surface area contributed by atoms with Gasteiger partial charge in [-0.2, -0.15) is 0 Å². The summed E-state index contributed by atoms with van der Waals surface area (Å²) in [6.45, 7) is 8.98. The minimum Gasteiger partial charge on any atom is -0.0854 e. The van der Waals surface area contributed by atoms with Gasteiger partial charge < -0.3 is 0 Å². The molecule has 0 heterocycles. The first-order valence-electron chi connectivity index (χ1n) is 4.32. The molecule has 0 radical (unpaired) electrons. The van der Waals surface area contributed by atoms with Gasteiger partial charge in [0.1, 0.15) is 0 Å². The van der Waals surface area contributed by atoms with Crippen molar-refractivity contribution in [2.75, 3.05) is 0 Å². The molecule has 0 aliphatic carbocycles. The zero-order chi connectivity index (χ0) is 7.98. The minimum atomic E-state index is 0.812. The Bertz CT molecular complexity index is 98.6. The van der Waals surface area contributed by atoms with Crippen LogP contribution in [0, 0.1) is 5.92 Å². The normalized spacial score (nSPS) is 12.7. The van der Waals surface area contributed by atoms with Crippen LogP contribution in [0.3, 0.4) is 0 Å². The molecule has 0 atom stereocenters. The molecular formula is C10H20. The Kier molecular flexibility index (Phi) is 5.38. The van der Waals surface area contributed by atoms with E-state index in [1.807, 2.05) is 0 Å². The lowest BCUT2D eigenvalue weighted by Crippen LogP contribution is -1.84. The van der Waals surface area contributed by atoms with Crippen molar-refractivity contribution >= 4 is 0 Å². The first-order valence-corrected chi connectivity index (χ1v) is 4.32. The average molecular weight is 140 g/mol. The predicted octanol–water partition coefficient (Wildman–Crippen LogP) is 3.78.